The van der Waals surface area contributed by atoms with Gasteiger partial charge in [0.15, 0.2) is 0 Å². The number of hydrogen-bond acceptors (Lipinski definition) is 3. The highest BCUT2D eigenvalue weighted by molar-refractivity contribution is 5.44. The van der Waals surface area contributed by atoms with E-state index >= 15 is 0 Å². The van der Waals surface area contributed by atoms with Gasteiger partial charge in [0.25, 0.3) is 0 Å². The molecule has 1 aromatic rings. The lowest BCUT2D eigenvalue weighted by Gasteiger charge is -2.09. The first-order chi connectivity index (χ1) is 6.22. The largest absolute Gasteiger partial charge is 0.374 e. The minimum absolute atomic E-state index is 0.514. The van der Waals surface area contributed by atoms with Crippen LogP contribution in [0.5, 0.6) is 0 Å². The molecule has 72 valence electrons. The van der Waals surface area contributed by atoms with Crippen molar-refractivity contribution in [3.63, 3.8) is 0 Å². The van der Waals surface area contributed by atoms with E-state index in [-0.39, 0.29) is 0 Å². The van der Waals surface area contributed by atoms with Crippen molar-refractivity contribution in [1.82, 2.24) is 0 Å². The van der Waals surface area contributed by atoms with Crippen LogP contribution in [-0.4, -0.2) is 17.9 Å². The summed E-state index contributed by atoms with van der Waals surface area (Å²) in [4.78, 5) is 0. The summed E-state index contributed by atoms with van der Waals surface area (Å²) in [6.45, 7) is 2.36. The van der Waals surface area contributed by atoms with Crippen LogP contribution in [-0.2, 0) is 6.42 Å². The Balaban J connectivity index is 2.59. The van der Waals surface area contributed by atoms with Gasteiger partial charge in [0.05, 0.1) is 0 Å². The molecule has 0 bridgehead atoms. The molecule has 0 aromatic heterocycles. The molecule has 0 spiro atoms. The number of aliphatic hydroxyl groups excluding tert-OH is 1. The van der Waals surface area contributed by atoms with Gasteiger partial charge in [-0.05, 0) is 37.6 Å². The minimum atomic E-state index is -0.514. The Morgan fingerprint density at radius 3 is 2.46 bits per heavy atom. The number of hydrogen-bond donors (Lipinski definition) is 3. The zero-order chi connectivity index (χ0) is 9.68. The Hall–Kier alpha value is -1.06. The van der Waals surface area contributed by atoms with Crippen LogP contribution in [0.15, 0.2) is 24.3 Å². The molecule has 0 heterocycles. The van der Waals surface area contributed by atoms with Gasteiger partial charge >= 0.3 is 0 Å². The SMILES string of the molecule is CC(O)Nc1ccc(CCN)cc1. The standard InChI is InChI=1S/C10H16N2O/c1-8(13)12-10-4-2-9(3-5-10)6-7-11/h2-5,8,12-13H,6-7,11H2,1H3. The van der Waals surface area contributed by atoms with Crippen LogP contribution >= 0.6 is 0 Å². The molecule has 0 amide bonds. The van der Waals surface area contributed by atoms with Crippen molar-refractivity contribution in [3.8, 4) is 0 Å². The summed E-state index contributed by atoms with van der Waals surface area (Å²) >= 11 is 0. The molecule has 0 aliphatic heterocycles. The average Bonchev–Trinajstić information content (AvgIpc) is 2.08. The second kappa shape index (κ2) is 4.84. The first kappa shape index (κ1) is 10.0. The Morgan fingerprint density at radius 1 is 1.38 bits per heavy atom. The van der Waals surface area contributed by atoms with Gasteiger partial charge in [0.1, 0.15) is 6.23 Å². The summed E-state index contributed by atoms with van der Waals surface area (Å²) in [7, 11) is 0. The Labute approximate surface area is 78.6 Å². The summed E-state index contributed by atoms with van der Waals surface area (Å²) in [5.74, 6) is 0. The first-order valence-corrected chi connectivity index (χ1v) is 4.46. The highest BCUT2D eigenvalue weighted by atomic mass is 16.3. The fourth-order valence-electron chi connectivity index (χ4n) is 1.18. The maximum atomic E-state index is 9.05. The fraction of sp³-hybridized carbons (Fsp3) is 0.400. The molecule has 0 radical (unpaired) electrons. The van der Waals surface area contributed by atoms with Crippen LogP contribution in [0.2, 0.25) is 0 Å². The third-order valence-corrected chi connectivity index (χ3v) is 1.76. The zero-order valence-electron chi connectivity index (χ0n) is 7.83. The molecule has 0 fully saturated rings. The maximum absolute atomic E-state index is 9.05. The highest BCUT2D eigenvalue weighted by Gasteiger charge is 1.95. The molecular weight excluding hydrogens is 164 g/mol. The van der Waals surface area contributed by atoms with E-state index in [2.05, 4.69) is 5.32 Å². The third-order valence-electron chi connectivity index (χ3n) is 1.76. The summed E-state index contributed by atoms with van der Waals surface area (Å²) in [5, 5.41) is 11.9. The van der Waals surface area contributed by atoms with Crippen molar-refractivity contribution in [2.24, 2.45) is 5.73 Å². The van der Waals surface area contributed by atoms with Gasteiger partial charge in [0, 0.05) is 5.69 Å². The molecule has 4 N–H and O–H groups in total. The van der Waals surface area contributed by atoms with Crippen molar-refractivity contribution < 1.29 is 5.11 Å². The molecule has 1 rings (SSSR count). The van der Waals surface area contributed by atoms with Crippen LogP contribution in [0.4, 0.5) is 5.69 Å². The van der Waals surface area contributed by atoms with E-state index < -0.39 is 6.23 Å². The molecule has 0 aliphatic carbocycles. The van der Waals surface area contributed by atoms with Gasteiger partial charge in [-0.2, -0.15) is 0 Å². The molecule has 1 unspecified atom stereocenters. The monoisotopic (exact) mass is 180 g/mol. The van der Waals surface area contributed by atoms with E-state index in [0.717, 1.165) is 12.1 Å². The van der Waals surface area contributed by atoms with E-state index in [9.17, 15) is 0 Å². The second-order valence-corrected chi connectivity index (χ2v) is 3.06. The molecule has 3 heteroatoms. The van der Waals surface area contributed by atoms with Crippen LogP contribution in [0, 0.1) is 0 Å². The van der Waals surface area contributed by atoms with Gasteiger partial charge in [-0.3, -0.25) is 0 Å². The lowest BCUT2D eigenvalue weighted by atomic mass is 10.1. The van der Waals surface area contributed by atoms with Crippen LogP contribution < -0.4 is 11.1 Å². The Bertz CT molecular complexity index is 244. The van der Waals surface area contributed by atoms with Crippen molar-refractivity contribution in [2.75, 3.05) is 11.9 Å². The van der Waals surface area contributed by atoms with Gasteiger partial charge in [-0.1, -0.05) is 12.1 Å². The first-order valence-electron chi connectivity index (χ1n) is 4.46. The minimum Gasteiger partial charge on any atom is -0.374 e. The van der Waals surface area contributed by atoms with Gasteiger partial charge in [-0.15, -0.1) is 0 Å². The van der Waals surface area contributed by atoms with E-state index in [1.807, 2.05) is 24.3 Å². The Morgan fingerprint density at radius 2 is 2.00 bits per heavy atom. The number of nitrogens with one attached hydrogen (secondary N) is 1. The van der Waals surface area contributed by atoms with Gasteiger partial charge < -0.3 is 16.2 Å². The summed E-state index contributed by atoms with van der Waals surface area (Å²) in [6, 6.07) is 7.91. The number of rotatable bonds is 4. The molecule has 1 atom stereocenters. The van der Waals surface area contributed by atoms with Gasteiger partial charge in [-0.25, -0.2) is 0 Å². The number of benzene rings is 1. The number of aliphatic hydroxyl groups is 1. The third kappa shape index (κ3) is 3.44. The average molecular weight is 180 g/mol. The molecule has 0 saturated carbocycles. The van der Waals surface area contributed by atoms with Crippen LogP contribution in [0.25, 0.3) is 0 Å². The summed E-state index contributed by atoms with van der Waals surface area (Å²) in [6.07, 6.45) is 0.384. The number of anilines is 1. The quantitative estimate of drug-likeness (QED) is 0.604. The van der Waals surface area contributed by atoms with E-state index in [4.69, 9.17) is 10.8 Å². The molecule has 13 heavy (non-hydrogen) atoms. The van der Waals surface area contributed by atoms with Gasteiger partial charge in [0.2, 0.25) is 0 Å². The molecule has 0 aliphatic rings. The van der Waals surface area contributed by atoms with Crippen LogP contribution in [0.3, 0.4) is 0 Å². The van der Waals surface area contributed by atoms with E-state index in [1.54, 1.807) is 6.92 Å². The zero-order valence-corrected chi connectivity index (χ0v) is 7.83. The lowest BCUT2D eigenvalue weighted by Crippen LogP contribution is -2.13. The molecule has 3 nitrogen and oxygen atoms in total. The summed E-state index contributed by atoms with van der Waals surface area (Å²) in [5.41, 5.74) is 7.57. The van der Waals surface area contributed by atoms with Crippen molar-refractivity contribution >= 4 is 5.69 Å². The van der Waals surface area contributed by atoms with E-state index in [0.29, 0.717) is 6.54 Å². The predicted octanol–water partition coefficient (Wildman–Crippen LogP) is 0.938. The number of nitrogens with two attached hydrogens (primary N) is 1. The Kier molecular flexibility index (Phi) is 3.73. The normalized spacial score (nSPS) is 12.5. The lowest BCUT2D eigenvalue weighted by molar-refractivity contribution is 0.224. The molecule has 1 aromatic carbocycles. The van der Waals surface area contributed by atoms with E-state index in [1.165, 1.54) is 5.56 Å². The smallest absolute Gasteiger partial charge is 0.121 e. The van der Waals surface area contributed by atoms with Crippen LogP contribution in [0.1, 0.15) is 12.5 Å². The topological polar surface area (TPSA) is 58.3 Å². The molecule has 0 saturated heterocycles. The van der Waals surface area contributed by atoms with Crippen molar-refractivity contribution in [3.05, 3.63) is 29.8 Å². The highest BCUT2D eigenvalue weighted by Crippen LogP contribution is 2.10. The maximum Gasteiger partial charge on any atom is 0.121 e. The van der Waals surface area contributed by atoms with Crippen molar-refractivity contribution in [2.45, 2.75) is 19.6 Å². The summed E-state index contributed by atoms with van der Waals surface area (Å²) < 4.78 is 0. The fourth-order valence-corrected chi connectivity index (χ4v) is 1.18. The molecular formula is C10H16N2O. The van der Waals surface area contributed by atoms with Crippen molar-refractivity contribution in [1.29, 1.82) is 0 Å². The predicted molar refractivity (Wildman–Crippen MR) is 54.5 cm³/mol. The second-order valence-electron chi connectivity index (χ2n) is 3.06.